The summed E-state index contributed by atoms with van der Waals surface area (Å²) in [6.07, 6.45) is 2.90. The van der Waals surface area contributed by atoms with Crippen LogP contribution < -0.4 is 10.6 Å². The highest BCUT2D eigenvalue weighted by atomic mass is 35.5. The fraction of sp³-hybridized carbons (Fsp3) is 0. The van der Waals surface area contributed by atoms with Crippen LogP contribution in [0.25, 0.3) is 22.2 Å². The summed E-state index contributed by atoms with van der Waals surface area (Å²) in [6.45, 7) is 3.48. The predicted octanol–water partition coefficient (Wildman–Crippen LogP) is 5.21. The first-order valence-electron chi connectivity index (χ1n) is 8.82. The van der Waals surface area contributed by atoms with Crippen LogP contribution in [0.2, 0.25) is 5.28 Å². The smallest absolute Gasteiger partial charge is 0.247 e. The van der Waals surface area contributed by atoms with E-state index in [1.807, 2.05) is 60.7 Å². The van der Waals surface area contributed by atoms with Gasteiger partial charge in [-0.2, -0.15) is 9.97 Å². The average Bonchev–Trinajstić information content (AvgIpc) is 2.74. The van der Waals surface area contributed by atoms with E-state index in [-0.39, 0.29) is 11.2 Å². The van der Waals surface area contributed by atoms with Crippen molar-refractivity contribution in [1.82, 2.24) is 15.0 Å². The number of para-hydroxylation sites is 1. The normalized spacial score (nSPS) is 10.5. The van der Waals surface area contributed by atoms with Gasteiger partial charge in [0.05, 0.1) is 5.39 Å². The molecule has 7 heteroatoms. The van der Waals surface area contributed by atoms with E-state index < -0.39 is 0 Å². The molecule has 0 saturated heterocycles. The quantitative estimate of drug-likeness (QED) is 0.354. The molecule has 0 aliphatic carbocycles. The van der Waals surface area contributed by atoms with Gasteiger partial charge in [-0.3, -0.25) is 4.79 Å². The molecule has 2 aromatic heterocycles. The number of rotatable bonds is 5. The van der Waals surface area contributed by atoms with Crippen molar-refractivity contribution in [1.29, 1.82) is 0 Å². The Labute approximate surface area is 172 Å². The summed E-state index contributed by atoms with van der Waals surface area (Å²) in [5, 5.41) is 7.00. The van der Waals surface area contributed by atoms with E-state index in [0.29, 0.717) is 17.2 Å². The van der Waals surface area contributed by atoms with Gasteiger partial charge in [-0.1, -0.05) is 36.9 Å². The molecule has 142 valence electrons. The zero-order chi connectivity index (χ0) is 20.2. The number of benzene rings is 2. The van der Waals surface area contributed by atoms with E-state index in [2.05, 4.69) is 32.2 Å². The number of hydrogen-bond acceptors (Lipinski definition) is 5. The third kappa shape index (κ3) is 4.07. The van der Waals surface area contributed by atoms with E-state index in [0.717, 1.165) is 22.2 Å². The minimum atomic E-state index is -0.261. The molecule has 0 saturated carbocycles. The molecular formula is C22H16ClN5O. The second kappa shape index (κ2) is 8.08. The topological polar surface area (TPSA) is 79.8 Å². The summed E-state index contributed by atoms with van der Waals surface area (Å²) >= 11 is 6.08. The van der Waals surface area contributed by atoms with Crippen molar-refractivity contribution in [2.24, 2.45) is 0 Å². The van der Waals surface area contributed by atoms with E-state index in [1.54, 1.807) is 6.20 Å². The maximum atomic E-state index is 11.6. The maximum absolute atomic E-state index is 11.6. The fourth-order valence-corrected chi connectivity index (χ4v) is 3.12. The molecule has 6 nitrogen and oxygen atoms in total. The van der Waals surface area contributed by atoms with Crippen LogP contribution in [0.3, 0.4) is 0 Å². The molecule has 0 radical (unpaired) electrons. The number of halogens is 1. The first-order chi connectivity index (χ1) is 14.1. The third-order valence-electron chi connectivity index (χ3n) is 4.25. The SMILES string of the molecule is C=CC(=O)Nc1cccc(-c2ccccc2Nc2nc(Cl)nc3ncccc23)c1. The lowest BCUT2D eigenvalue weighted by atomic mass is 10.0. The van der Waals surface area contributed by atoms with Crippen molar-refractivity contribution >= 4 is 45.7 Å². The number of carbonyl (C=O) groups is 1. The van der Waals surface area contributed by atoms with Crippen molar-refractivity contribution in [3.8, 4) is 11.1 Å². The maximum Gasteiger partial charge on any atom is 0.247 e. The molecule has 1 amide bonds. The third-order valence-corrected chi connectivity index (χ3v) is 4.42. The van der Waals surface area contributed by atoms with Crippen LogP contribution in [0.5, 0.6) is 0 Å². The Balaban J connectivity index is 1.75. The fourth-order valence-electron chi connectivity index (χ4n) is 2.96. The number of fused-ring (bicyclic) bond motifs is 1. The second-order valence-electron chi connectivity index (χ2n) is 6.16. The number of pyridine rings is 1. The molecule has 0 atom stereocenters. The Kier molecular flexibility index (Phi) is 5.18. The summed E-state index contributed by atoms with van der Waals surface area (Å²) in [4.78, 5) is 24.4. The van der Waals surface area contributed by atoms with Crippen molar-refractivity contribution < 1.29 is 4.79 Å². The van der Waals surface area contributed by atoms with Gasteiger partial charge < -0.3 is 10.6 Å². The Morgan fingerprint density at radius 3 is 2.76 bits per heavy atom. The monoisotopic (exact) mass is 401 g/mol. The Morgan fingerprint density at radius 2 is 1.90 bits per heavy atom. The van der Waals surface area contributed by atoms with Crippen molar-refractivity contribution in [3.63, 3.8) is 0 Å². The Bertz CT molecular complexity index is 1220. The second-order valence-corrected chi connectivity index (χ2v) is 6.50. The molecule has 4 rings (SSSR count). The lowest BCUT2D eigenvalue weighted by Crippen LogP contribution is -2.07. The minimum Gasteiger partial charge on any atom is -0.339 e. The molecule has 0 aliphatic rings. The van der Waals surface area contributed by atoms with Gasteiger partial charge in [0.25, 0.3) is 0 Å². The number of carbonyl (C=O) groups excluding carboxylic acids is 1. The number of nitrogens with one attached hydrogen (secondary N) is 2. The molecular weight excluding hydrogens is 386 g/mol. The Morgan fingerprint density at radius 1 is 1.03 bits per heavy atom. The van der Waals surface area contributed by atoms with Crippen LogP contribution in [-0.4, -0.2) is 20.9 Å². The Hall–Kier alpha value is -3.77. The van der Waals surface area contributed by atoms with Crippen molar-refractivity contribution in [3.05, 3.63) is 84.8 Å². The number of aromatic nitrogens is 3. The van der Waals surface area contributed by atoms with Crippen LogP contribution in [0.15, 0.2) is 79.5 Å². The van der Waals surface area contributed by atoms with Gasteiger partial charge in [0, 0.05) is 23.1 Å². The van der Waals surface area contributed by atoms with Gasteiger partial charge in [0.15, 0.2) is 5.65 Å². The van der Waals surface area contributed by atoms with E-state index in [1.165, 1.54) is 6.08 Å². The largest absolute Gasteiger partial charge is 0.339 e. The first kappa shape index (κ1) is 18.6. The molecule has 4 aromatic rings. The lowest BCUT2D eigenvalue weighted by Gasteiger charge is -2.14. The number of nitrogens with zero attached hydrogens (tertiary/aromatic N) is 3. The minimum absolute atomic E-state index is 0.116. The molecule has 29 heavy (non-hydrogen) atoms. The van der Waals surface area contributed by atoms with Crippen molar-refractivity contribution in [2.75, 3.05) is 10.6 Å². The van der Waals surface area contributed by atoms with Gasteiger partial charge in [0.2, 0.25) is 11.2 Å². The number of anilines is 3. The summed E-state index contributed by atoms with van der Waals surface area (Å²) in [5.41, 5.74) is 3.90. The van der Waals surface area contributed by atoms with Gasteiger partial charge in [-0.15, -0.1) is 0 Å². The zero-order valence-corrected chi connectivity index (χ0v) is 16.0. The molecule has 0 aliphatic heterocycles. The predicted molar refractivity (Wildman–Crippen MR) is 116 cm³/mol. The lowest BCUT2D eigenvalue weighted by molar-refractivity contribution is -0.111. The van der Waals surface area contributed by atoms with Crippen LogP contribution in [0.4, 0.5) is 17.2 Å². The van der Waals surface area contributed by atoms with E-state index >= 15 is 0 Å². The van der Waals surface area contributed by atoms with Gasteiger partial charge in [-0.05, 0) is 53.6 Å². The van der Waals surface area contributed by atoms with Gasteiger partial charge in [0.1, 0.15) is 5.82 Å². The standard InChI is InChI=1S/C22H16ClN5O/c1-2-19(29)25-15-8-5-7-14(13-15)16-9-3-4-11-18(16)26-21-17-10-6-12-24-20(17)27-22(23)28-21/h2-13H,1H2,(H,25,29)(H,24,26,27,28). The molecule has 0 unspecified atom stereocenters. The molecule has 2 aromatic carbocycles. The van der Waals surface area contributed by atoms with Crippen LogP contribution >= 0.6 is 11.6 Å². The van der Waals surface area contributed by atoms with Crippen molar-refractivity contribution in [2.45, 2.75) is 0 Å². The highest BCUT2D eigenvalue weighted by molar-refractivity contribution is 6.28. The zero-order valence-electron chi connectivity index (χ0n) is 15.3. The average molecular weight is 402 g/mol. The van der Waals surface area contributed by atoms with Gasteiger partial charge in [-0.25, -0.2) is 4.98 Å². The highest BCUT2D eigenvalue weighted by Gasteiger charge is 2.11. The molecule has 2 N–H and O–H groups in total. The molecule has 0 fully saturated rings. The summed E-state index contributed by atoms with van der Waals surface area (Å²) < 4.78 is 0. The summed E-state index contributed by atoms with van der Waals surface area (Å²) in [6, 6.07) is 19.1. The number of amides is 1. The summed E-state index contributed by atoms with van der Waals surface area (Å²) in [7, 11) is 0. The number of hydrogen-bond donors (Lipinski definition) is 2. The highest BCUT2D eigenvalue weighted by Crippen LogP contribution is 2.33. The van der Waals surface area contributed by atoms with Crippen LogP contribution in [0, 0.1) is 0 Å². The van der Waals surface area contributed by atoms with Crippen LogP contribution in [0.1, 0.15) is 0 Å². The van der Waals surface area contributed by atoms with E-state index in [9.17, 15) is 4.79 Å². The molecule has 2 heterocycles. The molecule has 0 bridgehead atoms. The van der Waals surface area contributed by atoms with E-state index in [4.69, 9.17) is 11.6 Å². The first-order valence-corrected chi connectivity index (χ1v) is 9.20. The van der Waals surface area contributed by atoms with Gasteiger partial charge >= 0.3 is 0 Å². The molecule has 0 spiro atoms. The van der Waals surface area contributed by atoms with Crippen LogP contribution in [-0.2, 0) is 4.79 Å². The summed E-state index contributed by atoms with van der Waals surface area (Å²) in [5.74, 6) is 0.305.